The van der Waals surface area contributed by atoms with Crippen molar-refractivity contribution in [1.29, 1.82) is 0 Å². The number of hydrogen-bond donors (Lipinski definition) is 1. The predicted molar refractivity (Wildman–Crippen MR) is 206 cm³/mol. The summed E-state index contributed by atoms with van der Waals surface area (Å²) in [6.07, 6.45) is 8.38. The predicted octanol–water partition coefficient (Wildman–Crippen LogP) is 6.99. The molecule has 13 heteroatoms. The molecule has 9 rings (SSSR count). The minimum Gasteiger partial charge on any atom is -0.478 e. The second kappa shape index (κ2) is 14.1. The van der Waals surface area contributed by atoms with Crippen molar-refractivity contribution in [3.05, 3.63) is 76.6 Å². The summed E-state index contributed by atoms with van der Waals surface area (Å²) in [7, 11) is 1.79. The van der Waals surface area contributed by atoms with Gasteiger partial charge in [0.25, 0.3) is 6.43 Å². The third-order valence-electron chi connectivity index (χ3n) is 13.3. The third kappa shape index (κ3) is 6.57. The number of aryl methyl sites for hydroxylation is 2. The fraction of sp³-hybridized carbons (Fsp3) is 0.524. The summed E-state index contributed by atoms with van der Waals surface area (Å²) in [4.78, 5) is 33.0. The van der Waals surface area contributed by atoms with E-state index in [1.165, 1.54) is 31.4 Å². The molecule has 2 saturated heterocycles. The van der Waals surface area contributed by atoms with Gasteiger partial charge in [0.15, 0.2) is 5.82 Å². The van der Waals surface area contributed by atoms with Crippen LogP contribution >= 0.6 is 0 Å². The number of nitrogens with zero attached hydrogens (tertiary/aromatic N) is 8. The quantitative estimate of drug-likeness (QED) is 0.216. The monoisotopic (exact) mass is 752 g/mol. The Bertz CT molecular complexity index is 2090. The molecular formula is C42H50F2N8O3. The number of hydrogen-bond acceptors (Lipinski definition) is 7. The fourth-order valence-electron chi connectivity index (χ4n) is 10.2. The van der Waals surface area contributed by atoms with Crippen molar-refractivity contribution in [2.75, 3.05) is 49.1 Å². The lowest BCUT2D eigenvalue weighted by Gasteiger charge is -2.55. The summed E-state index contributed by atoms with van der Waals surface area (Å²) in [5, 5.41) is 19.1. The van der Waals surface area contributed by atoms with Gasteiger partial charge >= 0.3 is 5.97 Å². The van der Waals surface area contributed by atoms with Crippen LogP contribution in [0.2, 0.25) is 0 Å². The number of aromatic nitrogens is 4. The van der Waals surface area contributed by atoms with Crippen molar-refractivity contribution >= 4 is 29.1 Å². The Morgan fingerprint density at radius 1 is 0.909 bits per heavy atom. The van der Waals surface area contributed by atoms with Gasteiger partial charge in [-0.25, -0.2) is 13.6 Å². The highest BCUT2D eigenvalue weighted by molar-refractivity contribution is 5.88. The number of carboxylic acids is 1. The number of piperidine rings is 1. The number of halogens is 2. The molecule has 1 spiro atoms. The van der Waals surface area contributed by atoms with E-state index in [4.69, 9.17) is 5.10 Å². The molecule has 4 aliphatic heterocycles. The number of aromatic carboxylic acids is 1. The maximum atomic E-state index is 14.7. The number of rotatable bonds is 7. The van der Waals surface area contributed by atoms with Crippen molar-refractivity contribution < 1.29 is 23.5 Å². The molecule has 1 amide bonds. The number of fused-ring (bicyclic) bond motifs is 2. The zero-order valence-corrected chi connectivity index (χ0v) is 31.8. The summed E-state index contributed by atoms with van der Waals surface area (Å²) >= 11 is 0. The summed E-state index contributed by atoms with van der Waals surface area (Å²) in [5.41, 5.74) is 6.83. The number of carboxylic acid groups (broad SMARTS) is 1. The highest BCUT2D eigenvalue weighted by Gasteiger charge is 2.46. The number of amides is 1. The molecule has 290 valence electrons. The van der Waals surface area contributed by atoms with Crippen LogP contribution in [-0.4, -0.2) is 91.7 Å². The molecule has 4 aromatic rings. The molecule has 0 atom stereocenters. The normalized spacial score (nSPS) is 20.5. The Kier molecular flexibility index (Phi) is 9.18. The van der Waals surface area contributed by atoms with Gasteiger partial charge in [0, 0.05) is 111 Å². The Balaban J connectivity index is 0.907. The first-order valence-corrected chi connectivity index (χ1v) is 20.0. The smallest absolute Gasteiger partial charge is 0.335 e. The minimum atomic E-state index is -2.65. The highest BCUT2D eigenvalue weighted by Crippen LogP contribution is 2.48. The molecular weight excluding hydrogens is 703 g/mol. The van der Waals surface area contributed by atoms with Crippen molar-refractivity contribution in [2.45, 2.75) is 89.8 Å². The van der Waals surface area contributed by atoms with Gasteiger partial charge in [0.05, 0.1) is 23.8 Å². The van der Waals surface area contributed by atoms with Crippen LogP contribution in [0, 0.1) is 5.41 Å². The van der Waals surface area contributed by atoms with Crippen LogP contribution in [0.15, 0.2) is 48.7 Å². The van der Waals surface area contributed by atoms with Crippen LogP contribution in [0.25, 0.3) is 11.3 Å². The van der Waals surface area contributed by atoms with Gasteiger partial charge in [0.1, 0.15) is 0 Å². The Hall–Kier alpha value is -4.78. The summed E-state index contributed by atoms with van der Waals surface area (Å²) in [5.74, 6) is -0.0497. The SMILES string of the molecule is CC(=O)N1CCc2c(c(N3CCCc4cc(-c5ccn(C)n5)c(C(F)F)cc43)nn2C2CCN(C3CCC4(CC3)CN(c3ccc(C(=O)O)cc3)C4)CC2)C1. The largest absolute Gasteiger partial charge is 0.478 e. The van der Waals surface area contributed by atoms with E-state index >= 15 is 0 Å². The van der Waals surface area contributed by atoms with E-state index in [-0.39, 0.29) is 17.5 Å². The van der Waals surface area contributed by atoms with E-state index in [2.05, 4.69) is 24.5 Å². The van der Waals surface area contributed by atoms with Gasteiger partial charge < -0.3 is 24.7 Å². The topological polar surface area (TPSA) is 103 Å². The van der Waals surface area contributed by atoms with Crippen molar-refractivity contribution in [1.82, 2.24) is 29.4 Å². The lowest BCUT2D eigenvalue weighted by atomic mass is 9.67. The number of alkyl halides is 2. The number of benzene rings is 2. The molecule has 2 aromatic heterocycles. The van der Waals surface area contributed by atoms with Crippen molar-refractivity contribution in [3.63, 3.8) is 0 Å². The molecule has 0 unspecified atom stereocenters. The van der Waals surface area contributed by atoms with Crippen LogP contribution in [0.3, 0.4) is 0 Å². The molecule has 55 heavy (non-hydrogen) atoms. The van der Waals surface area contributed by atoms with E-state index in [1.54, 1.807) is 49.1 Å². The van der Waals surface area contributed by atoms with Gasteiger partial charge in [-0.1, -0.05) is 0 Å². The van der Waals surface area contributed by atoms with Crippen LogP contribution in [0.4, 0.5) is 26.0 Å². The average molecular weight is 753 g/mol. The van der Waals surface area contributed by atoms with Crippen LogP contribution in [-0.2, 0) is 31.2 Å². The second-order valence-electron chi connectivity index (χ2n) is 16.6. The first-order valence-electron chi connectivity index (χ1n) is 20.0. The van der Waals surface area contributed by atoms with Crippen LogP contribution < -0.4 is 9.80 Å². The summed E-state index contributed by atoms with van der Waals surface area (Å²) in [6.45, 7) is 7.55. The summed E-state index contributed by atoms with van der Waals surface area (Å²) in [6, 6.07) is 13.4. The third-order valence-corrected chi connectivity index (χ3v) is 13.3. The molecule has 1 aliphatic carbocycles. The van der Waals surface area contributed by atoms with E-state index in [0.717, 1.165) is 86.6 Å². The molecule has 0 radical (unpaired) electrons. The molecule has 1 saturated carbocycles. The van der Waals surface area contributed by atoms with Crippen molar-refractivity contribution in [2.24, 2.45) is 12.5 Å². The molecule has 5 aliphatic rings. The Morgan fingerprint density at radius 2 is 1.65 bits per heavy atom. The number of carbonyl (C=O) groups excluding carboxylic acids is 1. The van der Waals surface area contributed by atoms with Gasteiger partial charge in [-0.2, -0.15) is 10.2 Å². The number of carbonyl (C=O) groups is 2. The van der Waals surface area contributed by atoms with Gasteiger partial charge in [-0.3, -0.25) is 14.2 Å². The van der Waals surface area contributed by atoms with E-state index < -0.39 is 12.4 Å². The lowest BCUT2D eigenvalue weighted by molar-refractivity contribution is -0.129. The zero-order chi connectivity index (χ0) is 38.0. The van der Waals surface area contributed by atoms with Crippen molar-refractivity contribution in [3.8, 4) is 11.3 Å². The standard InChI is InChI=1S/C42H50F2N8O3/c1-27(53)49-21-14-37-35(24-49)40(51-17-3-4-29-22-33(36-13-18-47(2)45-36)34(39(43)44)23-38(29)51)46-52(37)32-11-19-48(20-12-32)31-9-15-42(16-10-31)25-50(26-42)30-7-5-28(6-8-30)41(54)55/h5-8,13,18,22-23,31-32,39H,3-4,9-12,14-17,19-21,24-26H2,1-2H3,(H,54,55). The van der Waals surface area contributed by atoms with E-state index in [1.807, 2.05) is 23.1 Å². The average Bonchev–Trinajstić information content (AvgIpc) is 3.79. The molecule has 0 bridgehead atoms. The van der Waals surface area contributed by atoms with Gasteiger partial charge in [0.2, 0.25) is 5.91 Å². The highest BCUT2D eigenvalue weighted by atomic mass is 19.3. The van der Waals surface area contributed by atoms with Crippen LogP contribution in [0.1, 0.15) is 97.1 Å². The maximum absolute atomic E-state index is 14.7. The Morgan fingerprint density at radius 3 is 2.31 bits per heavy atom. The lowest BCUT2D eigenvalue weighted by Crippen LogP contribution is -2.59. The van der Waals surface area contributed by atoms with Crippen LogP contribution in [0.5, 0.6) is 0 Å². The van der Waals surface area contributed by atoms with Gasteiger partial charge in [-0.05, 0) is 99.4 Å². The molecule has 3 fully saturated rings. The van der Waals surface area contributed by atoms with Gasteiger partial charge in [-0.15, -0.1) is 0 Å². The molecule has 2 aromatic carbocycles. The first-order chi connectivity index (χ1) is 26.6. The first kappa shape index (κ1) is 35.9. The molecule has 11 nitrogen and oxygen atoms in total. The minimum absolute atomic E-state index is 0.0223. The second-order valence-corrected chi connectivity index (χ2v) is 16.6. The van der Waals surface area contributed by atoms with E-state index in [9.17, 15) is 23.5 Å². The summed E-state index contributed by atoms with van der Waals surface area (Å²) < 4.78 is 33.3. The Labute approximate surface area is 320 Å². The fourth-order valence-corrected chi connectivity index (χ4v) is 10.2. The number of likely N-dealkylation sites (tertiary alicyclic amines) is 1. The molecule has 1 N–H and O–H groups in total. The van der Waals surface area contributed by atoms with E-state index in [0.29, 0.717) is 47.9 Å². The maximum Gasteiger partial charge on any atom is 0.335 e. The zero-order valence-electron chi connectivity index (χ0n) is 31.8. The molecule has 6 heterocycles. The number of anilines is 3.